The molecule has 2 aliphatic heterocycles. The second kappa shape index (κ2) is 8.00. The Balaban J connectivity index is 1.56. The third-order valence-corrected chi connectivity index (χ3v) is 8.60. The molecule has 2 saturated heterocycles. The molecule has 0 N–H and O–H groups in total. The van der Waals surface area contributed by atoms with Crippen LogP contribution in [0.4, 0.5) is 5.69 Å². The number of thioether (sulfide) groups is 1. The molecule has 0 aromatic heterocycles. The van der Waals surface area contributed by atoms with Crippen LogP contribution in [-0.4, -0.2) is 42.3 Å². The van der Waals surface area contributed by atoms with Gasteiger partial charge in [0.2, 0.25) is 5.91 Å². The number of amides is 1. The summed E-state index contributed by atoms with van der Waals surface area (Å²) in [6.07, 6.45) is 0.969. The van der Waals surface area contributed by atoms with Crippen molar-refractivity contribution in [2.24, 2.45) is 4.99 Å². The summed E-state index contributed by atoms with van der Waals surface area (Å²) >= 11 is 4.83. The summed E-state index contributed by atoms with van der Waals surface area (Å²) in [5.41, 5.74) is 1.96. The molecule has 8 heteroatoms. The van der Waals surface area contributed by atoms with Crippen LogP contribution in [0, 0.1) is 0 Å². The number of aryl methyl sites for hydroxylation is 1. The van der Waals surface area contributed by atoms with Crippen molar-refractivity contribution in [3.63, 3.8) is 0 Å². The lowest BCUT2D eigenvalue weighted by Crippen LogP contribution is -2.37. The second-order valence-corrected chi connectivity index (χ2v) is 11.2. The summed E-state index contributed by atoms with van der Waals surface area (Å²) in [5, 5.41) is 0.514. The SMILES string of the molecule is O=C(CCc1ccccc1)N=C1S[C@@H]2CS(=O)(=O)C[C@H]2N1c1ccc(Br)cc1. The molecule has 2 atom stereocenters. The Hall–Kier alpha value is -1.64. The molecule has 0 saturated carbocycles. The molecule has 5 nitrogen and oxygen atoms in total. The molecule has 1 amide bonds. The number of hydrogen-bond acceptors (Lipinski definition) is 4. The van der Waals surface area contributed by atoms with Crippen molar-refractivity contribution in [1.29, 1.82) is 0 Å². The molecule has 0 unspecified atom stereocenters. The summed E-state index contributed by atoms with van der Waals surface area (Å²) in [7, 11) is -3.06. The normalized spacial score (nSPS) is 24.5. The minimum atomic E-state index is -3.06. The van der Waals surface area contributed by atoms with Gasteiger partial charge in [0.25, 0.3) is 0 Å². The fourth-order valence-electron chi connectivity index (χ4n) is 3.53. The van der Waals surface area contributed by atoms with E-state index in [0.29, 0.717) is 18.0 Å². The third-order valence-electron chi connectivity index (χ3n) is 4.86. The molecule has 2 aromatic carbocycles. The molecular formula is C20H19BrN2O3S2. The van der Waals surface area contributed by atoms with Crippen molar-refractivity contribution in [1.82, 2.24) is 0 Å². The van der Waals surface area contributed by atoms with E-state index in [1.54, 1.807) is 0 Å². The van der Waals surface area contributed by atoms with Crippen molar-refractivity contribution in [2.45, 2.75) is 24.1 Å². The number of benzene rings is 2. The van der Waals surface area contributed by atoms with E-state index in [9.17, 15) is 13.2 Å². The Morgan fingerprint density at radius 1 is 1.11 bits per heavy atom. The zero-order valence-electron chi connectivity index (χ0n) is 15.0. The van der Waals surface area contributed by atoms with Gasteiger partial charge in [-0.15, -0.1) is 0 Å². The number of fused-ring (bicyclic) bond motifs is 1. The molecule has 0 bridgehead atoms. The predicted octanol–water partition coefficient (Wildman–Crippen LogP) is 3.68. The maximum atomic E-state index is 12.5. The fourth-order valence-corrected chi connectivity index (χ4v) is 7.72. The quantitative estimate of drug-likeness (QED) is 0.670. The van der Waals surface area contributed by atoms with Crippen molar-refractivity contribution >= 4 is 54.3 Å². The average molecular weight is 479 g/mol. The smallest absolute Gasteiger partial charge is 0.248 e. The number of carbonyl (C=O) groups excluding carboxylic acids is 1. The molecule has 2 aliphatic rings. The number of rotatable bonds is 4. The van der Waals surface area contributed by atoms with Crippen LogP contribution >= 0.6 is 27.7 Å². The highest BCUT2D eigenvalue weighted by Crippen LogP contribution is 2.41. The first kappa shape index (κ1) is 19.7. The average Bonchev–Trinajstić information content (AvgIpc) is 3.12. The number of anilines is 1. The van der Waals surface area contributed by atoms with Crippen molar-refractivity contribution in [3.05, 3.63) is 64.6 Å². The molecule has 146 valence electrons. The first-order chi connectivity index (χ1) is 13.4. The Labute approximate surface area is 177 Å². The van der Waals surface area contributed by atoms with Gasteiger partial charge in [0.05, 0.1) is 17.5 Å². The lowest BCUT2D eigenvalue weighted by molar-refractivity contribution is -0.117. The van der Waals surface area contributed by atoms with Gasteiger partial charge in [0.1, 0.15) is 0 Å². The summed E-state index contributed by atoms with van der Waals surface area (Å²) in [6.45, 7) is 0. The highest BCUT2D eigenvalue weighted by molar-refractivity contribution is 9.10. The summed E-state index contributed by atoms with van der Waals surface area (Å²) < 4.78 is 25.2. The minimum Gasteiger partial charge on any atom is -0.316 e. The number of amidine groups is 1. The van der Waals surface area contributed by atoms with E-state index in [4.69, 9.17) is 0 Å². The van der Waals surface area contributed by atoms with Gasteiger partial charge in [-0.1, -0.05) is 58.0 Å². The topological polar surface area (TPSA) is 66.8 Å². The largest absolute Gasteiger partial charge is 0.316 e. The third kappa shape index (κ3) is 4.34. The van der Waals surface area contributed by atoms with Crippen LogP contribution in [0.5, 0.6) is 0 Å². The summed E-state index contributed by atoms with van der Waals surface area (Å²) in [6, 6.07) is 17.3. The number of carbonyl (C=O) groups is 1. The zero-order valence-corrected chi connectivity index (χ0v) is 18.2. The van der Waals surface area contributed by atoms with Crippen LogP contribution in [-0.2, 0) is 21.1 Å². The molecular weight excluding hydrogens is 460 g/mol. The van der Waals surface area contributed by atoms with Gasteiger partial charge in [-0.2, -0.15) is 4.99 Å². The van der Waals surface area contributed by atoms with E-state index in [1.807, 2.05) is 59.5 Å². The molecule has 4 rings (SSSR count). The molecule has 0 radical (unpaired) electrons. The molecule has 0 spiro atoms. The van der Waals surface area contributed by atoms with Gasteiger partial charge in [0, 0.05) is 21.8 Å². The lowest BCUT2D eigenvalue weighted by Gasteiger charge is -2.24. The van der Waals surface area contributed by atoms with Crippen molar-refractivity contribution in [3.8, 4) is 0 Å². The van der Waals surface area contributed by atoms with Crippen molar-refractivity contribution in [2.75, 3.05) is 16.4 Å². The first-order valence-electron chi connectivity index (χ1n) is 8.99. The highest BCUT2D eigenvalue weighted by Gasteiger charge is 2.49. The predicted molar refractivity (Wildman–Crippen MR) is 118 cm³/mol. The molecule has 0 aliphatic carbocycles. The number of aliphatic imine (C=N–C) groups is 1. The standard InChI is InChI=1S/C20H19BrN2O3S2/c21-15-7-9-16(10-8-15)23-17-12-28(25,26)13-18(17)27-20(23)22-19(24)11-6-14-4-2-1-3-5-14/h1-5,7-10,17-18H,6,11-13H2/t17-,18-/m1/s1. The van der Waals surface area contributed by atoms with Gasteiger partial charge in [-0.05, 0) is 36.2 Å². The fraction of sp³-hybridized carbons (Fsp3) is 0.300. The maximum absolute atomic E-state index is 12.5. The molecule has 2 aromatic rings. The van der Waals surface area contributed by atoms with E-state index in [0.717, 1.165) is 15.7 Å². The van der Waals surface area contributed by atoms with Crippen LogP contribution < -0.4 is 4.90 Å². The Bertz CT molecular complexity index is 1010. The van der Waals surface area contributed by atoms with E-state index in [-0.39, 0.29) is 28.7 Å². The van der Waals surface area contributed by atoms with E-state index < -0.39 is 9.84 Å². The van der Waals surface area contributed by atoms with Gasteiger partial charge >= 0.3 is 0 Å². The van der Waals surface area contributed by atoms with Crippen LogP contribution in [0.25, 0.3) is 0 Å². The van der Waals surface area contributed by atoms with Gasteiger partial charge in [0.15, 0.2) is 15.0 Å². The monoisotopic (exact) mass is 478 g/mol. The van der Waals surface area contributed by atoms with Gasteiger partial charge in [-0.25, -0.2) is 8.42 Å². The van der Waals surface area contributed by atoms with Crippen LogP contribution in [0.15, 0.2) is 64.1 Å². The van der Waals surface area contributed by atoms with Gasteiger partial charge in [-0.3, -0.25) is 4.79 Å². The van der Waals surface area contributed by atoms with Crippen LogP contribution in [0.3, 0.4) is 0 Å². The van der Waals surface area contributed by atoms with E-state index in [1.165, 1.54) is 11.8 Å². The number of sulfone groups is 1. The number of hydrogen-bond donors (Lipinski definition) is 0. The number of halogens is 1. The summed E-state index contributed by atoms with van der Waals surface area (Å²) in [4.78, 5) is 18.8. The summed E-state index contributed by atoms with van der Waals surface area (Å²) in [5.74, 6) is 0.0427. The number of nitrogens with zero attached hydrogens (tertiary/aromatic N) is 2. The lowest BCUT2D eigenvalue weighted by atomic mass is 10.1. The van der Waals surface area contributed by atoms with E-state index >= 15 is 0 Å². The maximum Gasteiger partial charge on any atom is 0.248 e. The van der Waals surface area contributed by atoms with Gasteiger partial charge < -0.3 is 4.90 Å². The molecule has 28 heavy (non-hydrogen) atoms. The van der Waals surface area contributed by atoms with Crippen LogP contribution in [0.1, 0.15) is 12.0 Å². The Kier molecular flexibility index (Phi) is 5.62. The molecule has 2 heterocycles. The second-order valence-electron chi connectivity index (χ2n) is 6.92. The molecule has 2 fully saturated rings. The van der Waals surface area contributed by atoms with Crippen LogP contribution in [0.2, 0.25) is 0 Å². The zero-order chi connectivity index (χ0) is 19.7. The highest BCUT2D eigenvalue weighted by atomic mass is 79.9. The van der Waals surface area contributed by atoms with Crippen molar-refractivity contribution < 1.29 is 13.2 Å². The first-order valence-corrected chi connectivity index (χ1v) is 12.5. The minimum absolute atomic E-state index is 0.0886. The Morgan fingerprint density at radius 2 is 1.82 bits per heavy atom. The Morgan fingerprint density at radius 3 is 2.54 bits per heavy atom. The van der Waals surface area contributed by atoms with E-state index in [2.05, 4.69) is 20.9 Å².